The predicted octanol–water partition coefficient (Wildman–Crippen LogP) is 4.63. The Kier molecular flexibility index (Phi) is 6.91. The topological polar surface area (TPSA) is 103 Å². The summed E-state index contributed by atoms with van der Waals surface area (Å²) in [6.07, 6.45) is 8.22. The fourth-order valence-corrected chi connectivity index (χ4v) is 7.01. The number of nitrogens with one attached hydrogen (secondary N) is 2. The van der Waals surface area contributed by atoms with E-state index in [-0.39, 0.29) is 35.5 Å². The Morgan fingerprint density at radius 3 is 2.18 bits per heavy atom. The molecule has 2 bridgehead atoms. The van der Waals surface area contributed by atoms with Crippen LogP contribution in [0.25, 0.3) is 11.1 Å². The van der Waals surface area contributed by atoms with Gasteiger partial charge in [-0.3, -0.25) is 4.79 Å². The molecule has 0 spiro atoms. The van der Waals surface area contributed by atoms with E-state index in [0.29, 0.717) is 13.2 Å². The van der Waals surface area contributed by atoms with Gasteiger partial charge in [-0.1, -0.05) is 67.8 Å². The van der Waals surface area contributed by atoms with E-state index >= 15 is 0 Å². The summed E-state index contributed by atoms with van der Waals surface area (Å²) in [5.74, 6) is -0.0470. The first-order chi connectivity index (χ1) is 18.5. The molecule has 2 saturated carbocycles. The van der Waals surface area contributed by atoms with Crippen molar-refractivity contribution >= 4 is 12.0 Å². The third-order valence-electron chi connectivity index (χ3n) is 9.43. The highest BCUT2D eigenvalue weighted by molar-refractivity contribution is 5.86. The number of benzene rings is 2. The molecule has 5 aliphatic rings. The Morgan fingerprint density at radius 1 is 0.947 bits per heavy atom. The van der Waals surface area contributed by atoms with E-state index in [2.05, 4.69) is 34.9 Å². The van der Waals surface area contributed by atoms with Gasteiger partial charge in [-0.2, -0.15) is 0 Å². The Labute approximate surface area is 224 Å². The maximum atomic E-state index is 13.5. The summed E-state index contributed by atoms with van der Waals surface area (Å²) < 4.78 is 11.9. The lowest BCUT2D eigenvalue weighted by molar-refractivity contribution is -0.154. The number of hydrogen-bond acceptors (Lipinski definition) is 5. The lowest BCUT2D eigenvalue weighted by Crippen LogP contribution is -2.63. The van der Waals surface area contributed by atoms with Crippen molar-refractivity contribution in [2.75, 3.05) is 19.8 Å². The number of fused-ring (bicyclic) bond motifs is 6. The van der Waals surface area contributed by atoms with Gasteiger partial charge in [-0.05, 0) is 66.7 Å². The molecule has 0 aromatic heterocycles. The van der Waals surface area contributed by atoms with Gasteiger partial charge in [0.05, 0.1) is 12.2 Å². The Hall–Kier alpha value is -2.90. The molecule has 7 rings (SSSR count). The first kappa shape index (κ1) is 25.4. The largest absolute Gasteiger partial charge is 0.449 e. The highest BCUT2D eigenvalue weighted by atomic mass is 16.5. The summed E-state index contributed by atoms with van der Waals surface area (Å²) in [5.41, 5.74) is 10.5. The van der Waals surface area contributed by atoms with Crippen molar-refractivity contribution < 1.29 is 19.1 Å². The van der Waals surface area contributed by atoms with E-state index in [0.717, 1.165) is 51.4 Å². The summed E-state index contributed by atoms with van der Waals surface area (Å²) in [4.78, 5) is 26.6. The van der Waals surface area contributed by atoms with Gasteiger partial charge in [0, 0.05) is 18.0 Å². The van der Waals surface area contributed by atoms with Crippen LogP contribution in [0.4, 0.5) is 4.79 Å². The van der Waals surface area contributed by atoms with Crippen LogP contribution in [0.2, 0.25) is 0 Å². The number of amides is 2. The zero-order chi connectivity index (χ0) is 26.2. The fourth-order valence-electron chi connectivity index (χ4n) is 7.01. The van der Waals surface area contributed by atoms with Crippen LogP contribution in [0.15, 0.2) is 48.5 Å². The molecule has 7 heteroatoms. The number of carbonyl (C=O) groups excluding carboxylic acids is 2. The standard InChI is InChI=1S/C31H39N3O4/c32-30-14-16-31(17-15-30,38-20-30)19-33-28(35)27(21-8-2-1-3-9-21)34-29(36)37-18-26-24-12-6-4-10-22(24)23-11-5-7-13-25(23)26/h4-7,10-13,21,26-27H,1-3,8-9,14-20,32H2,(H,33,35)(H,34,36)/t27-,30?,31?/m1/s1. The Balaban J connectivity index is 1.10. The molecule has 4 fully saturated rings. The Morgan fingerprint density at radius 2 is 1.58 bits per heavy atom. The van der Waals surface area contributed by atoms with Crippen molar-refractivity contribution in [3.05, 3.63) is 59.7 Å². The summed E-state index contributed by atoms with van der Waals surface area (Å²) in [6.45, 7) is 1.24. The molecular formula is C31H39N3O4. The zero-order valence-electron chi connectivity index (χ0n) is 22.0. The number of alkyl carbamates (subject to hydrolysis) is 1. The van der Waals surface area contributed by atoms with Gasteiger partial charge in [0.1, 0.15) is 12.6 Å². The van der Waals surface area contributed by atoms with Crippen LogP contribution < -0.4 is 16.4 Å². The molecule has 0 unspecified atom stereocenters. The molecule has 2 aromatic carbocycles. The minimum atomic E-state index is -0.608. The fraction of sp³-hybridized carbons (Fsp3) is 0.548. The third-order valence-corrected chi connectivity index (χ3v) is 9.43. The van der Waals surface area contributed by atoms with Gasteiger partial charge >= 0.3 is 6.09 Å². The molecule has 202 valence electrons. The van der Waals surface area contributed by atoms with Crippen LogP contribution in [0.3, 0.4) is 0 Å². The highest BCUT2D eigenvalue weighted by Gasteiger charge is 2.48. The first-order valence-electron chi connectivity index (χ1n) is 14.3. The number of carbonyl (C=O) groups is 2. The predicted molar refractivity (Wildman–Crippen MR) is 146 cm³/mol. The second kappa shape index (κ2) is 10.3. The molecule has 3 aliphatic carbocycles. The number of rotatable bonds is 7. The van der Waals surface area contributed by atoms with Crippen molar-refractivity contribution in [1.29, 1.82) is 0 Å². The zero-order valence-corrected chi connectivity index (χ0v) is 22.0. The smallest absolute Gasteiger partial charge is 0.407 e. The van der Waals surface area contributed by atoms with E-state index in [1.165, 1.54) is 28.7 Å². The molecule has 2 heterocycles. The maximum absolute atomic E-state index is 13.5. The maximum Gasteiger partial charge on any atom is 0.407 e. The van der Waals surface area contributed by atoms with Gasteiger partial charge < -0.3 is 25.8 Å². The van der Waals surface area contributed by atoms with Crippen molar-refractivity contribution in [3.63, 3.8) is 0 Å². The summed E-state index contributed by atoms with van der Waals surface area (Å²) in [6, 6.07) is 16.0. The molecule has 38 heavy (non-hydrogen) atoms. The van der Waals surface area contributed by atoms with Crippen LogP contribution in [-0.2, 0) is 14.3 Å². The van der Waals surface area contributed by atoms with Crippen molar-refractivity contribution in [2.45, 2.75) is 80.9 Å². The SMILES string of the molecule is NC12CCC(CNC(=O)[C@H](NC(=O)OCC3c4ccccc4-c4ccccc43)C3CCCCC3)(CC1)OC2. The molecule has 1 atom stereocenters. The second-order valence-corrected chi connectivity index (χ2v) is 11.9. The number of hydrogen-bond donors (Lipinski definition) is 3. The molecular weight excluding hydrogens is 478 g/mol. The lowest BCUT2D eigenvalue weighted by Gasteiger charge is -2.51. The van der Waals surface area contributed by atoms with E-state index < -0.39 is 12.1 Å². The van der Waals surface area contributed by atoms with E-state index in [1.807, 2.05) is 24.3 Å². The summed E-state index contributed by atoms with van der Waals surface area (Å²) in [5, 5.41) is 6.09. The van der Waals surface area contributed by atoms with Crippen LogP contribution in [-0.4, -0.2) is 48.9 Å². The molecule has 2 aliphatic heterocycles. The van der Waals surface area contributed by atoms with E-state index in [4.69, 9.17) is 15.2 Å². The third kappa shape index (κ3) is 4.94. The van der Waals surface area contributed by atoms with Gasteiger partial charge in [0.15, 0.2) is 0 Å². The van der Waals surface area contributed by atoms with Crippen LogP contribution in [0.1, 0.15) is 74.8 Å². The molecule has 0 radical (unpaired) electrons. The van der Waals surface area contributed by atoms with E-state index in [1.54, 1.807) is 0 Å². The van der Waals surface area contributed by atoms with Crippen molar-refractivity contribution in [3.8, 4) is 11.1 Å². The van der Waals surface area contributed by atoms with Crippen LogP contribution >= 0.6 is 0 Å². The molecule has 4 N–H and O–H groups in total. The molecule has 2 aromatic rings. The van der Waals surface area contributed by atoms with Crippen molar-refractivity contribution in [2.24, 2.45) is 11.7 Å². The van der Waals surface area contributed by atoms with Gasteiger partial charge in [0.25, 0.3) is 0 Å². The van der Waals surface area contributed by atoms with Crippen molar-refractivity contribution in [1.82, 2.24) is 10.6 Å². The minimum absolute atomic E-state index is 0.0152. The van der Waals surface area contributed by atoms with Gasteiger partial charge in [-0.25, -0.2) is 4.79 Å². The summed E-state index contributed by atoms with van der Waals surface area (Å²) >= 11 is 0. The van der Waals surface area contributed by atoms with Gasteiger partial charge in [-0.15, -0.1) is 0 Å². The second-order valence-electron chi connectivity index (χ2n) is 11.9. The average Bonchev–Trinajstić information content (AvgIpc) is 3.28. The molecule has 2 saturated heterocycles. The number of ether oxygens (including phenoxy) is 2. The molecule has 7 nitrogen and oxygen atoms in total. The van der Waals surface area contributed by atoms with Gasteiger partial charge in [0.2, 0.25) is 5.91 Å². The highest BCUT2D eigenvalue weighted by Crippen LogP contribution is 2.45. The van der Waals surface area contributed by atoms with Crippen LogP contribution in [0.5, 0.6) is 0 Å². The number of nitrogens with two attached hydrogens (primary N) is 1. The Bertz CT molecular complexity index is 1120. The van der Waals surface area contributed by atoms with E-state index in [9.17, 15) is 9.59 Å². The van der Waals surface area contributed by atoms with Crippen LogP contribution in [0, 0.1) is 5.92 Å². The first-order valence-corrected chi connectivity index (χ1v) is 14.3. The summed E-state index contributed by atoms with van der Waals surface area (Å²) in [7, 11) is 0. The molecule has 2 amide bonds. The average molecular weight is 518 g/mol. The normalized spacial score (nSPS) is 27.3. The lowest BCUT2D eigenvalue weighted by atomic mass is 9.71. The minimum Gasteiger partial charge on any atom is -0.449 e. The quantitative estimate of drug-likeness (QED) is 0.497. The monoisotopic (exact) mass is 517 g/mol.